The molecule has 0 spiro atoms. The largest absolute Gasteiger partial charge is 0.294 e. The van der Waals surface area contributed by atoms with E-state index in [4.69, 9.17) is 0 Å². The van der Waals surface area contributed by atoms with Crippen LogP contribution in [0.25, 0.3) is 0 Å². The Morgan fingerprint density at radius 1 is 1.17 bits per heavy atom. The summed E-state index contributed by atoms with van der Waals surface area (Å²) >= 11 is 0. The highest BCUT2D eigenvalue weighted by atomic mass is 16.6. The number of carbonyl (C=O) groups is 1. The highest BCUT2D eigenvalue weighted by Gasteiger charge is 2.77. The molecule has 0 radical (unpaired) electrons. The minimum Gasteiger partial charge on any atom is -0.294 e. The second kappa shape index (κ2) is 6.29. The molecular weight excluding hydrogens is 368 g/mol. The molecule has 7 nitrogen and oxygen atoms in total. The lowest BCUT2D eigenvalue weighted by molar-refractivity contribution is -0.585. The number of rotatable bonds is 3. The summed E-state index contributed by atoms with van der Waals surface area (Å²) in [7, 11) is 0. The molecule has 142 valence electrons. The van der Waals surface area contributed by atoms with Crippen LogP contribution in [0.2, 0.25) is 0 Å². The molecule has 2 aliphatic rings. The zero-order chi connectivity index (χ0) is 20.8. The molecule has 29 heavy (non-hydrogen) atoms. The molecule has 7 heteroatoms. The standard InChI is InChI=1S/C22H16N4O3/c1-2-16-12-21(13-23,14-24)20-22(16,26(28)29)17-10-6-7-11-18(17)25(20)19(27)15-8-4-3-5-9-15/h2-11,16,20H,1,12H2/t16?,20?,22-/m0/s1. The predicted molar refractivity (Wildman–Crippen MR) is 104 cm³/mol. The van der Waals surface area contributed by atoms with Crippen LogP contribution in [0.3, 0.4) is 0 Å². The van der Waals surface area contributed by atoms with Crippen molar-refractivity contribution in [3.8, 4) is 12.1 Å². The lowest BCUT2D eigenvalue weighted by atomic mass is 9.78. The summed E-state index contributed by atoms with van der Waals surface area (Å²) in [6.07, 6.45) is 1.36. The van der Waals surface area contributed by atoms with Crippen molar-refractivity contribution < 1.29 is 9.72 Å². The summed E-state index contributed by atoms with van der Waals surface area (Å²) in [4.78, 5) is 26.9. The average molecular weight is 384 g/mol. The van der Waals surface area contributed by atoms with Gasteiger partial charge in [0, 0.05) is 10.5 Å². The van der Waals surface area contributed by atoms with E-state index in [-0.39, 0.29) is 6.42 Å². The average Bonchev–Trinajstić information content (AvgIpc) is 3.23. The SMILES string of the molecule is C=CC1CC(C#N)(C#N)C2N(C(=O)c3ccccc3)c3ccccc3[C@@]12[N+](=O)[O-]. The molecule has 1 aliphatic heterocycles. The van der Waals surface area contributed by atoms with Crippen molar-refractivity contribution in [1.29, 1.82) is 10.5 Å². The van der Waals surface area contributed by atoms with E-state index in [0.29, 0.717) is 16.8 Å². The first-order valence-electron chi connectivity index (χ1n) is 9.05. The van der Waals surface area contributed by atoms with Crippen LogP contribution in [0, 0.1) is 44.1 Å². The van der Waals surface area contributed by atoms with E-state index >= 15 is 0 Å². The van der Waals surface area contributed by atoms with Gasteiger partial charge in [-0.1, -0.05) is 36.4 Å². The van der Waals surface area contributed by atoms with Crippen molar-refractivity contribution in [3.63, 3.8) is 0 Å². The van der Waals surface area contributed by atoms with Crippen LogP contribution in [0.4, 0.5) is 5.69 Å². The van der Waals surface area contributed by atoms with E-state index in [1.165, 1.54) is 11.0 Å². The Kier molecular flexibility index (Phi) is 3.99. The number of fused-ring (bicyclic) bond motifs is 3. The first-order chi connectivity index (χ1) is 14.0. The molecule has 2 unspecified atom stereocenters. The fourth-order valence-electron chi connectivity index (χ4n) is 4.90. The van der Waals surface area contributed by atoms with Gasteiger partial charge < -0.3 is 0 Å². The van der Waals surface area contributed by atoms with E-state index in [1.807, 2.05) is 12.1 Å². The minimum absolute atomic E-state index is 0.0674. The maximum Gasteiger partial charge on any atom is 0.278 e. The van der Waals surface area contributed by atoms with Gasteiger partial charge in [0.25, 0.3) is 11.4 Å². The normalized spacial score (nSPS) is 25.9. The van der Waals surface area contributed by atoms with Crippen molar-refractivity contribution in [2.45, 2.75) is 18.0 Å². The zero-order valence-electron chi connectivity index (χ0n) is 15.4. The number of nitriles is 2. The van der Waals surface area contributed by atoms with Gasteiger partial charge in [0.15, 0.2) is 5.41 Å². The number of amides is 1. The second-order valence-corrected chi connectivity index (χ2v) is 7.28. The van der Waals surface area contributed by atoms with Crippen LogP contribution < -0.4 is 4.90 Å². The maximum atomic E-state index is 13.5. The maximum absolute atomic E-state index is 13.5. The lowest BCUT2D eigenvalue weighted by Crippen LogP contribution is -2.55. The second-order valence-electron chi connectivity index (χ2n) is 7.28. The highest BCUT2D eigenvalue weighted by molar-refractivity contribution is 6.08. The van der Waals surface area contributed by atoms with Gasteiger partial charge in [0.1, 0.15) is 6.04 Å². The first-order valence-corrected chi connectivity index (χ1v) is 9.05. The smallest absolute Gasteiger partial charge is 0.278 e. The molecule has 3 atom stereocenters. The van der Waals surface area contributed by atoms with E-state index < -0.39 is 33.7 Å². The number of anilines is 1. The van der Waals surface area contributed by atoms with Gasteiger partial charge in [0.05, 0.1) is 29.3 Å². The third kappa shape index (κ3) is 2.13. The Morgan fingerprint density at radius 2 is 1.79 bits per heavy atom. The number of nitro groups is 1. The van der Waals surface area contributed by atoms with Crippen LogP contribution in [0.15, 0.2) is 67.3 Å². The van der Waals surface area contributed by atoms with Crippen LogP contribution in [0.5, 0.6) is 0 Å². The van der Waals surface area contributed by atoms with Crippen LogP contribution in [-0.2, 0) is 5.54 Å². The van der Waals surface area contributed by atoms with E-state index in [0.717, 1.165) is 0 Å². The highest BCUT2D eigenvalue weighted by Crippen LogP contribution is 2.63. The van der Waals surface area contributed by atoms with E-state index in [1.54, 1.807) is 54.6 Å². The Hall–Kier alpha value is -3.97. The number of benzene rings is 2. The van der Waals surface area contributed by atoms with Gasteiger partial charge in [-0.15, -0.1) is 6.58 Å². The van der Waals surface area contributed by atoms with Crippen molar-refractivity contribution in [2.24, 2.45) is 11.3 Å². The van der Waals surface area contributed by atoms with Crippen molar-refractivity contribution in [1.82, 2.24) is 0 Å². The van der Waals surface area contributed by atoms with Crippen molar-refractivity contribution >= 4 is 11.6 Å². The lowest BCUT2D eigenvalue weighted by Gasteiger charge is -2.32. The fraction of sp³-hybridized carbons (Fsp3) is 0.227. The number of carbonyl (C=O) groups excluding carboxylic acids is 1. The Balaban J connectivity index is 2.07. The molecule has 2 aromatic rings. The van der Waals surface area contributed by atoms with Crippen LogP contribution in [-0.4, -0.2) is 16.9 Å². The fourth-order valence-corrected chi connectivity index (χ4v) is 4.90. The molecule has 0 aromatic heterocycles. The quantitative estimate of drug-likeness (QED) is 0.457. The molecule has 1 saturated carbocycles. The molecule has 2 aromatic carbocycles. The molecule has 0 N–H and O–H groups in total. The van der Waals surface area contributed by atoms with Crippen LogP contribution in [0.1, 0.15) is 22.3 Å². The van der Waals surface area contributed by atoms with Gasteiger partial charge in [-0.3, -0.25) is 19.8 Å². The van der Waals surface area contributed by atoms with Gasteiger partial charge in [-0.2, -0.15) is 10.5 Å². The molecule has 4 rings (SSSR count). The van der Waals surface area contributed by atoms with Gasteiger partial charge in [-0.25, -0.2) is 0 Å². The summed E-state index contributed by atoms with van der Waals surface area (Å²) < 4.78 is 0. The first kappa shape index (κ1) is 18.4. The summed E-state index contributed by atoms with van der Waals surface area (Å²) in [5.41, 5.74) is -2.54. The molecule has 0 bridgehead atoms. The van der Waals surface area contributed by atoms with Crippen LogP contribution >= 0.6 is 0 Å². The minimum atomic E-state index is -1.81. The third-order valence-electron chi connectivity index (χ3n) is 6.07. The topological polar surface area (TPSA) is 111 Å². The van der Waals surface area contributed by atoms with Crippen molar-refractivity contribution in [2.75, 3.05) is 4.90 Å². The van der Waals surface area contributed by atoms with Gasteiger partial charge in [0.2, 0.25) is 0 Å². The molecule has 1 heterocycles. The molecule has 1 aliphatic carbocycles. The monoisotopic (exact) mass is 384 g/mol. The van der Waals surface area contributed by atoms with Crippen molar-refractivity contribution in [3.05, 3.63) is 88.5 Å². The molecule has 1 amide bonds. The Morgan fingerprint density at radius 3 is 2.38 bits per heavy atom. The number of hydrogen-bond acceptors (Lipinski definition) is 5. The number of hydrogen-bond donors (Lipinski definition) is 0. The molecule has 0 saturated heterocycles. The summed E-state index contributed by atoms with van der Waals surface area (Å²) in [5.74, 6) is -1.26. The Labute approximate surface area is 167 Å². The van der Waals surface area contributed by atoms with E-state index in [2.05, 4.69) is 6.58 Å². The van der Waals surface area contributed by atoms with Gasteiger partial charge >= 0.3 is 0 Å². The summed E-state index contributed by atoms with van der Waals surface area (Å²) in [6, 6.07) is 17.7. The van der Waals surface area contributed by atoms with E-state index in [9.17, 15) is 25.4 Å². The molecule has 1 fully saturated rings. The van der Waals surface area contributed by atoms with Gasteiger partial charge in [-0.05, 0) is 30.7 Å². The Bertz CT molecular complexity index is 1100. The number of nitrogens with zero attached hydrogens (tertiary/aromatic N) is 4. The number of para-hydroxylation sites is 1. The third-order valence-corrected chi connectivity index (χ3v) is 6.07. The zero-order valence-corrected chi connectivity index (χ0v) is 15.4. The summed E-state index contributed by atoms with van der Waals surface area (Å²) in [6.45, 7) is 3.74. The predicted octanol–water partition coefficient (Wildman–Crippen LogP) is 3.43. The summed E-state index contributed by atoms with van der Waals surface area (Å²) in [5, 5.41) is 32.5. The molecular formula is C22H16N4O3.